The summed E-state index contributed by atoms with van der Waals surface area (Å²) in [6.45, 7) is 2.87. The number of fused-ring (bicyclic) bond motifs is 1. The lowest BCUT2D eigenvalue weighted by molar-refractivity contribution is -0.152. The summed E-state index contributed by atoms with van der Waals surface area (Å²) in [5.41, 5.74) is -4.44. The van der Waals surface area contributed by atoms with Gasteiger partial charge in [0, 0.05) is 0 Å². The van der Waals surface area contributed by atoms with Gasteiger partial charge in [0.25, 0.3) is 11.5 Å². The van der Waals surface area contributed by atoms with E-state index in [0.717, 1.165) is 0 Å². The third-order valence-corrected chi connectivity index (χ3v) is 3.07. The number of carbonyl (C=O) groups excluding carboxylic acids is 2. The van der Waals surface area contributed by atoms with Crippen molar-refractivity contribution in [3.63, 3.8) is 0 Å². The fraction of sp³-hybridized carbons (Fsp3) is 0.750. The molecule has 0 aromatic rings. The Bertz CT molecular complexity index is 339. The number of epoxide rings is 1. The van der Waals surface area contributed by atoms with Crippen molar-refractivity contribution in [3.05, 3.63) is 0 Å². The summed E-state index contributed by atoms with van der Waals surface area (Å²) in [6.07, 6.45) is 0. The highest BCUT2D eigenvalue weighted by Gasteiger charge is 2.89. The fourth-order valence-electron chi connectivity index (χ4n) is 1.89. The van der Waals surface area contributed by atoms with Crippen LogP contribution >= 0.6 is 0 Å². The Morgan fingerprint density at radius 3 is 2.43 bits per heavy atom. The Labute approximate surface area is 80.2 Å². The maximum absolute atomic E-state index is 11.5. The van der Waals surface area contributed by atoms with Gasteiger partial charge in [-0.3, -0.25) is 4.79 Å². The first kappa shape index (κ1) is 9.42. The Kier molecular flexibility index (Phi) is 1.41. The Morgan fingerprint density at radius 2 is 2.14 bits per heavy atom. The van der Waals surface area contributed by atoms with Crippen LogP contribution in [0.4, 0.5) is 0 Å². The molecule has 1 amide bonds. The maximum atomic E-state index is 11.5. The topological polar surface area (TPSA) is 88.2 Å². The number of rotatable bonds is 1. The van der Waals surface area contributed by atoms with Crippen LogP contribution in [-0.2, 0) is 19.1 Å². The first-order valence-electron chi connectivity index (χ1n) is 4.15. The summed E-state index contributed by atoms with van der Waals surface area (Å²) in [5, 5.41) is 12.1. The third kappa shape index (κ3) is 0.665. The first-order valence-corrected chi connectivity index (χ1v) is 4.15. The van der Waals surface area contributed by atoms with Crippen molar-refractivity contribution in [2.24, 2.45) is 0 Å². The standard InChI is InChI=1S/C8H11NO5/c1-6-7(2,12)9-4(10)8(6,14-6)5(11)13-3/h12H,1-3H3,(H,9,10)/t6-,7?,8-/m0/s1. The summed E-state index contributed by atoms with van der Waals surface area (Å²) >= 11 is 0. The normalized spacial score (nSPS) is 49.6. The zero-order chi connectivity index (χ0) is 10.8. The molecule has 1 unspecified atom stereocenters. The number of aliphatic hydroxyl groups is 1. The minimum atomic E-state index is -1.66. The summed E-state index contributed by atoms with van der Waals surface area (Å²) in [5.74, 6) is -1.44. The molecular weight excluding hydrogens is 190 g/mol. The molecule has 0 aromatic heterocycles. The van der Waals surface area contributed by atoms with E-state index in [0.29, 0.717) is 0 Å². The van der Waals surface area contributed by atoms with E-state index in [4.69, 9.17) is 4.74 Å². The average Bonchev–Trinajstić information content (AvgIpc) is 2.69. The highest BCUT2D eigenvalue weighted by atomic mass is 16.7. The van der Waals surface area contributed by atoms with Crippen LogP contribution in [0.1, 0.15) is 13.8 Å². The van der Waals surface area contributed by atoms with E-state index in [1.54, 1.807) is 0 Å². The number of methoxy groups -OCH3 is 1. The van der Waals surface area contributed by atoms with Crippen molar-refractivity contribution in [1.29, 1.82) is 0 Å². The number of hydrogen-bond donors (Lipinski definition) is 2. The van der Waals surface area contributed by atoms with E-state index < -0.39 is 28.8 Å². The van der Waals surface area contributed by atoms with E-state index >= 15 is 0 Å². The summed E-state index contributed by atoms with van der Waals surface area (Å²) in [4.78, 5) is 22.8. The molecule has 2 saturated heterocycles. The van der Waals surface area contributed by atoms with E-state index in [1.807, 2.05) is 0 Å². The molecule has 0 aliphatic carbocycles. The van der Waals surface area contributed by atoms with Crippen molar-refractivity contribution in [2.45, 2.75) is 30.8 Å². The molecule has 2 N–H and O–H groups in total. The second kappa shape index (κ2) is 2.09. The fourth-order valence-corrected chi connectivity index (χ4v) is 1.89. The SMILES string of the molecule is COC(=O)[C@]12O[C@@]1(C)C(C)(O)NC2=O. The van der Waals surface area contributed by atoms with Gasteiger partial charge in [0.2, 0.25) is 0 Å². The minimum Gasteiger partial charge on any atom is -0.466 e. The Morgan fingerprint density at radius 1 is 1.57 bits per heavy atom. The van der Waals surface area contributed by atoms with Crippen LogP contribution in [0.15, 0.2) is 0 Å². The molecule has 0 bridgehead atoms. The average molecular weight is 201 g/mol. The molecule has 2 fully saturated rings. The predicted octanol–water partition coefficient (Wildman–Crippen LogP) is -1.47. The minimum absolute atomic E-state index is 0.656. The number of amides is 1. The molecule has 6 nitrogen and oxygen atoms in total. The lowest BCUT2D eigenvalue weighted by Gasteiger charge is -2.22. The van der Waals surface area contributed by atoms with Crippen molar-refractivity contribution >= 4 is 11.9 Å². The van der Waals surface area contributed by atoms with Gasteiger partial charge in [0.1, 0.15) is 0 Å². The second-order valence-electron chi connectivity index (χ2n) is 3.83. The largest absolute Gasteiger partial charge is 0.466 e. The quantitative estimate of drug-likeness (QED) is 0.307. The van der Waals surface area contributed by atoms with E-state index in [-0.39, 0.29) is 0 Å². The van der Waals surface area contributed by atoms with E-state index in [1.165, 1.54) is 21.0 Å². The molecular formula is C8H11NO5. The van der Waals surface area contributed by atoms with Gasteiger partial charge in [-0.05, 0) is 13.8 Å². The predicted molar refractivity (Wildman–Crippen MR) is 43.0 cm³/mol. The molecule has 78 valence electrons. The summed E-state index contributed by atoms with van der Waals surface area (Å²) in [7, 11) is 1.17. The van der Waals surface area contributed by atoms with Gasteiger partial charge < -0.3 is 19.9 Å². The Balaban J connectivity index is 2.44. The van der Waals surface area contributed by atoms with Crippen LogP contribution < -0.4 is 5.32 Å². The Hall–Kier alpha value is -1.14. The lowest BCUT2D eigenvalue weighted by Crippen LogP contribution is -2.49. The third-order valence-electron chi connectivity index (χ3n) is 3.07. The van der Waals surface area contributed by atoms with Gasteiger partial charge in [0.15, 0.2) is 11.3 Å². The number of esters is 1. The highest BCUT2D eigenvalue weighted by molar-refractivity contribution is 6.13. The highest BCUT2D eigenvalue weighted by Crippen LogP contribution is 2.58. The number of hydrogen-bond acceptors (Lipinski definition) is 5. The molecule has 2 aliphatic rings. The molecule has 0 aromatic carbocycles. The summed E-state index contributed by atoms with van der Waals surface area (Å²) in [6, 6.07) is 0. The number of ether oxygens (including phenoxy) is 2. The van der Waals surface area contributed by atoms with Crippen LogP contribution in [0.5, 0.6) is 0 Å². The van der Waals surface area contributed by atoms with Crippen LogP contribution in [-0.4, -0.2) is 41.0 Å². The molecule has 0 spiro atoms. The van der Waals surface area contributed by atoms with Crippen molar-refractivity contribution in [3.8, 4) is 0 Å². The van der Waals surface area contributed by atoms with Crippen LogP contribution in [0, 0.1) is 0 Å². The lowest BCUT2D eigenvalue weighted by atomic mass is 9.90. The molecule has 14 heavy (non-hydrogen) atoms. The van der Waals surface area contributed by atoms with Gasteiger partial charge in [-0.1, -0.05) is 0 Å². The zero-order valence-corrected chi connectivity index (χ0v) is 8.08. The smallest absolute Gasteiger partial charge is 0.351 e. The van der Waals surface area contributed by atoms with Crippen LogP contribution in [0.2, 0.25) is 0 Å². The molecule has 0 radical (unpaired) electrons. The maximum Gasteiger partial charge on any atom is 0.351 e. The van der Waals surface area contributed by atoms with Gasteiger partial charge in [-0.2, -0.15) is 0 Å². The van der Waals surface area contributed by atoms with Crippen molar-refractivity contribution < 1.29 is 24.2 Å². The molecule has 3 atom stereocenters. The molecule has 2 rings (SSSR count). The van der Waals surface area contributed by atoms with Gasteiger partial charge in [-0.25, -0.2) is 4.79 Å². The molecule has 0 saturated carbocycles. The summed E-state index contributed by atoms with van der Waals surface area (Å²) < 4.78 is 9.54. The van der Waals surface area contributed by atoms with Gasteiger partial charge in [0.05, 0.1) is 7.11 Å². The van der Waals surface area contributed by atoms with Gasteiger partial charge >= 0.3 is 5.97 Å². The molecule has 2 heterocycles. The number of nitrogens with one attached hydrogen (secondary N) is 1. The van der Waals surface area contributed by atoms with Crippen LogP contribution in [0.3, 0.4) is 0 Å². The van der Waals surface area contributed by atoms with E-state index in [9.17, 15) is 14.7 Å². The number of morpholine rings is 1. The number of carbonyl (C=O) groups is 2. The first-order chi connectivity index (χ1) is 6.32. The second-order valence-corrected chi connectivity index (χ2v) is 3.83. The van der Waals surface area contributed by atoms with Crippen molar-refractivity contribution in [1.82, 2.24) is 5.32 Å². The zero-order valence-electron chi connectivity index (χ0n) is 8.08. The molecule has 6 heteroatoms. The van der Waals surface area contributed by atoms with Crippen LogP contribution in [0.25, 0.3) is 0 Å². The van der Waals surface area contributed by atoms with Gasteiger partial charge in [-0.15, -0.1) is 0 Å². The molecule has 2 aliphatic heterocycles. The van der Waals surface area contributed by atoms with Crippen molar-refractivity contribution in [2.75, 3.05) is 7.11 Å². The van der Waals surface area contributed by atoms with E-state index in [2.05, 4.69) is 10.1 Å². The monoisotopic (exact) mass is 201 g/mol.